The third kappa shape index (κ3) is 3.71. The summed E-state index contributed by atoms with van der Waals surface area (Å²) in [6.45, 7) is 1.89. The normalized spacial score (nSPS) is 11.3. The summed E-state index contributed by atoms with van der Waals surface area (Å²) in [4.78, 5) is 15.1. The molecular weight excluding hydrogens is 300 g/mol. The highest BCUT2D eigenvalue weighted by Gasteiger charge is 2.26. The number of nitrogens with zero attached hydrogens (tertiary/aromatic N) is 2. The maximum atomic E-state index is 12.4. The van der Waals surface area contributed by atoms with Crippen LogP contribution in [-0.4, -0.2) is 48.7 Å². The summed E-state index contributed by atoms with van der Waals surface area (Å²) in [6, 6.07) is 2.82. The molecule has 7 nitrogen and oxygen atoms in total. The first-order valence-electron chi connectivity index (χ1n) is 5.78. The van der Waals surface area contributed by atoms with E-state index in [2.05, 4.69) is 10.3 Å². The molecule has 0 aliphatic rings. The Morgan fingerprint density at radius 2 is 2.20 bits per heavy atom. The van der Waals surface area contributed by atoms with E-state index in [1.165, 1.54) is 25.4 Å². The van der Waals surface area contributed by atoms with Crippen LogP contribution < -0.4 is 11.1 Å². The van der Waals surface area contributed by atoms with Gasteiger partial charge in [0.15, 0.2) is 0 Å². The van der Waals surface area contributed by atoms with Gasteiger partial charge in [-0.2, -0.15) is 4.31 Å². The van der Waals surface area contributed by atoms with Crippen LogP contribution in [0.2, 0.25) is 0 Å². The number of pyridine rings is 1. The van der Waals surface area contributed by atoms with Gasteiger partial charge in [0.05, 0.1) is 6.54 Å². The number of hydrogen-bond acceptors (Lipinski definition) is 5. The summed E-state index contributed by atoms with van der Waals surface area (Å²) in [6.07, 6.45) is 1.40. The summed E-state index contributed by atoms with van der Waals surface area (Å²) in [7, 11) is -2.58. The van der Waals surface area contributed by atoms with E-state index in [-0.39, 0.29) is 28.0 Å². The molecule has 1 rings (SSSR count). The molecule has 0 aliphatic heterocycles. The monoisotopic (exact) mass is 316 g/mol. The minimum absolute atomic E-state index is 0.0187. The number of hydrogen-bond donors (Lipinski definition) is 2. The second-order valence-electron chi connectivity index (χ2n) is 3.93. The lowest BCUT2D eigenvalue weighted by atomic mass is 10.3. The van der Waals surface area contributed by atoms with Gasteiger partial charge in [0.1, 0.15) is 15.6 Å². The lowest BCUT2D eigenvalue weighted by Crippen LogP contribution is -2.38. The molecule has 0 saturated heterocycles. The highest BCUT2D eigenvalue weighted by Crippen LogP contribution is 2.17. The van der Waals surface area contributed by atoms with Crippen LogP contribution in [0.4, 0.5) is 0 Å². The molecule has 110 valence electrons. The molecule has 0 atom stereocenters. The summed E-state index contributed by atoms with van der Waals surface area (Å²) in [5.74, 6) is -0.389. The molecule has 0 spiro atoms. The molecule has 0 radical (unpaired) electrons. The van der Waals surface area contributed by atoms with Gasteiger partial charge in [-0.1, -0.05) is 12.2 Å². The summed E-state index contributed by atoms with van der Waals surface area (Å²) in [5.41, 5.74) is 5.49. The molecule has 1 aromatic heterocycles. The lowest BCUT2D eigenvalue weighted by molar-refractivity contribution is -0.121. The predicted molar refractivity (Wildman–Crippen MR) is 78.6 cm³/mol. The van der Waals surface area contributed by atoms with Crippen LogP contribution in [0.3, 0.4) is 0 Å². The quantitative estimate of drug-likeness (QED) is 0.684. The van der Waals surface area contributed by atoms with E-state index >= 15 is 0 Å². The van der Waals surface area contributed by atoms with Crippen molar-refractivity contribution in [2.24, 2.45) is 5.73 Å². The van der Waals surface area contributed by atoms with Crippen LogP contribution in [-0.2, 0) is 14.8 Å². The Bertz CT molecular complexity index is 616. The van der Waals surface area contributed by atoms with E-state index in [1.807, 2.05) is 0 Å². The number of likely N-dealkylation sites (N-methyl/N-ethyl adjacent to an activating group) is 2. The van der Waals surface area contributed by atoms with Gasteiger partial charge < -0.3 is 11.1 Å². The van der Waals surface area contributed by atoms with E-state index in [4.69, 9.17) is 18.0 Å². The lowest BCUT2D eigenvalue weighted by Gasteiger charge is -2.17. The molecular formula is C11H16N4O3S2. The summed E-state index contributed by atoms with van der Waals surface area (Å²) < 4.78 is 25.7. The van der Waals surface area contributed by atoms with Gasteiger partial charge in [0.25, 0.3) is 0 Å². The second kappa shape index (κ2) is 6.73. The molecule has 1 amide bonds. The Labute approximate surface area is 123 Å². The van der Waals surface area contributed by atoms with Gasteiger partial charge in [-0.25, -0.2) is 8.42 Å². The maximum absolute atomic E-state index is 12.4. The van der Waals surface area contributed by atoms with Crippen molar-refractivity contribution in [2.75, 3.05) is 20.1 Å². The average molecular weight is 316 g/mol. The Hall–Kier alpha value is -1.58. The Kier molecular flexibility index (Phi) is 5.54. The molecule has 1 aromatic rings. The van der Waals surface area contributed by atoms with E-state index in [0.29, 0.717) is 6.54 Å². The number of rotatable bonds is 6. The van der Waals surface area contributed by atoms with E-state index < -0.39 is 10.0 Å². The smallest absolute Gasteiger partial charge is 0.245 e. The van der Waals surface area contributed by atoms with Gasteiger partial charge in [-0.15, -0.1) is 0 Å². The van der Waals surface area contributed by atoms with Crippen LogP contribution in [0, 0.1) is 0 Å². The highest BCUT2D eigenvalue weighted by atomic mass is 32.2. The average Bonchev–Trinajstić information content (AvgIpc) is 2.38. The number of nitrogens with one attached hydrogen (secondary N) is 1. The van der Waals surface area contributed by atoms with E-state index in [1.54, 1.807) is 6.92 Å². The van der Waals surface area contributed by atoms with Crippen molar-refractivity contribution in [1.82, 2.24) is 14.6 Å². The first-order valence-corrected chi connectivity index (χ1v) is 7.63. The van der Waals surface area contributed by atoms with Crippen LogP contribution >= 0.6 is 12.2 Å². The molecule has 0 aromatic carbocycles. The zero-order valence-electron chi connectivity index (χ0n) is 11.2. The van der Waals surface area contributed by atoms with Crippen molar-refractivity contribution in [1.29, 1.82) is 0 Å². The second-order valence-corrected chi connectivity index (χ2v) is 6.38. The fourth-order valence-electron chi connectivity index (χ4n) is 1.49. The van der Waals surface area contributed by atoms with E-state index in [9.17, 15) is 13.2 Å². The molecule has 0 bridgehead atoms. The molecule has 1 heterocycles. The molecule has 3 N–H and O–H groups in total. The first-order chi connectivity index (χ1) is 9.30. The van der Waals surface area contributed by atoms with Crippen molar-refractivity contribution in [3.8, 4) is 0 Å². The third-order valence-electron chi connectivity index (χ3n) is 2.43. The van der Waals surface area contributed by atoms with Crippen LogP contribution in [0.5, 0.6) is 0 Å². The third-order valence-corrected chi connectivity index (χ3v) is 4.46. The zero-order chi connectivity index (χ0) is 15.3. The van der Waals surface area contributed by atoms with Gasteiger partial charge in [-0.05, 0) is 19.1 Å². The molecule has 0 saturated carbocycles. The number of nitrogens with two attached hydrogens (primary N) is 1. The summed E-state index contributed by atoms with van der Waals surface area (Å²) >= 11 is 4.79. The highest BCUT2D eigenvalue weighted by molar-refractivity contribution is 7.89. The van der Waals surface area contributed by atoms with Crippen LogP contribution in [0.25, 0.3) is 0 Å². The largest absolute Gasteiger partial charge is 0.388 e. The topological polar surface area (TPSA) is 105 Å². The van der Waals surface area contributed by atoms with Gasteiger partial charge >= 0.3 is 0 Å². The van der Waals surface area contributed by atoms with Gasteiger partial charge in [-0.3, -0.25) is 9.78 Å². The molecule has 0 fully saturated rings. The maximum Gasteiger partial charge on any atom is 0.245 e. The Morgan fingerprint density at radius 3 is 2.75 bits per heavy atom. The fraction of sp³-hybridized carbons (Fsp3) is 0.364. The van der Waals surface area contributed by atoms with Gasteiger partial charge in [0, 0.05) is 19.8 Å². The van der Waals surface area contributed by atoms with Crippen LogP contribution in [0.1, 0.15) is 12.6 Å². The number of amides is 1. The molecule has 0 aliphatic carbocycles. The van der Waals surface area contributed by atoms with Crippen molar-refractivity contribution >= 4 is 33.1 Å². The first kappa shape index (κ1) is 16.5. The van der Waals surface area contributed by atoms with Gasteiger partial charge in [0.2, 0.25) is 15.9 Å². The van der Waals surface area contributed by atoms with Crippen molar-refractivity contribution in [3.63, 3.8) is 0 Å². The molecule has 0 unspecified atom stereocenters. The minimum Gasteiger partial charge on any atom is -0.388 e. The number of carbonyl (C=O) groups excluding carboxylic acids is 1. The standard InChI is InChI=1S/C11H16N4O3S2/c1-3-13-9(16)7-15(2)20(17,18)8-5-4-6-14-10(8)11(12)19/h4-6H,3,7H2,1-2H3,(H2,12,19)(H,13,16). The van der Waals surface area contributed by atoms with Crippen LogP contribution in [0.15, 0.2) is 23.2 Å². The van der Waals surface area contributed by atoms with Crippen molar-refractivity contribution in [2.45, 2.75) is 11.8 Å². The summed E-state index contributed by atoms with van der Waals surface area (Å²) in [5, 5.41) is 2.53. The Morgan fingerprint density at radius 1 is 1.55 bits per heavy atom. The zero-order valence-corrected chi connectivity index (χ0v) is 12.8. The molecule has 9 heteroatoms. The number of thiocarbonyl (C=S) groups is 1. The number of carbonyl (C=O) groups is 1. The number of sulfonamides is 1. The van der Waals surface area contributed by atoms with Crippen molar-refractivity contribution in [3.05, 3.63) is 24.0 Å². The van der Waals surface area contributed by atoms with E-state index in [0.717, 1.165) is 4.31 Å². The Balaban J connectivity index is 3.11. The molecule has 20 heavy (non-hydrogen) atoms. The predicted octanol–water partition coefficient (Wildman–Crippen LogP) is -0.528. The minimum atomic E-state index is -3.89. The van der Waals surface area contributed by atoms with Crippen molar-refractivity contribution < 1.29 is 13.2 Å². The fourth-order valence-corrected chi connectivity index (χ4v) is 3.00. The SMILES string of the molecule is CCNC(=O)CN(C)S(=O)(=O)c1cccnc1C(N)=S. The number of aromatic nitrogens is 1.